The Balaban J connectivity index is 1.67. The van der Waals surface area contributed by atoms with Gasteiger partial charge < -0.3 is 15.1 Å². The largest absolute Gasteiger partial charge is 0.508 e. The van der Waals surface area contributed by atoms with Crippen LogP contribution in [-0.4, -0.2) is 33.8 Å². The highest BCUT2D eigenvalue weighted by molar-refractivity contribution is 5.78. The number of anilines is 1. The molecule has 0 aliphatic rings. The van der Waals surface area contributed by atoms with Crippen molar-refractivity contribution in [2.45, 2.75) is 6.10 Å². The van der Waals surface area contributed by atoms with Gasteiger partial charge in [-0.25, -0.2) is 4.98 Å². The van der Waals surface area contributed by atoms with E-state index in [-0.39, 0.29) is 5.75 Å². The Morgan fingerprint density at radius 2 is 1.47 bits per heavy atom. The number of benzene rings is 3. The molecule has 2 N–H and O–H groups in total. The normalized spacial score (nSPS) is 11.8. The van der Waals surface area contributed by atoms with Gasteiger partial charge in [0.25, 0.3) is 0 Å². The van der Waals surface area contributed by atoms with Crippen LogP contribution in [0.1, 0.15) is 11.7 Å². The fraction of sp³-hybridized carbons (Fsp3) is 0.120. The van der Waals surface area contributed by atoms with E-state index in [1.54, 1.807) is 30.5 Å². The molecule has 0 fully saturated rings. The van der Waals surface area contributed by atoms with E-state index in [4.69, 9.17) is 9.97 Å². The molecule has 30 heavy (non-hydrogen) atoms. The van der Waals surface area contributed by atoms with Crippen LogP contribution in [0, 0.1) is 0 Å². The number of phenolic OH excluding ortho intramolecular Hbond substituents is 1. The van der Waals surface area contributed by atoms with Gasteiger partial charge in [0.1, 0.15) is 11.6 Å². The summed E-state index contributed by atoms with van der Waals surface area (Å²) in [5.74, 6) is 0.792. The SMILES string of the molecule is CN(C[C@H](O)c1cccc(O)c1)c1cnc(-c2ccccc2)c(-c2ccccc2)n1. The number of aromatic nitrogens is 2. The second kappa shape index (κ2) is 8.76. The lowest BCUT2D eigenvalue weighted by molar-refractivity contribution is 0.184. The van der Waals surface area contributed by atoms with Gasteiger partial charge in [0.05, 0.1) is 23.7 Å². The molecule has 1 aromatic heterocycles. The average molecular weight is 397 g/mol. The van der Waals surface area contributed by atoms with E-state index < -0.39 is 6.10 Å². The van der Waals surface area contributed by atoms with Crippen molar-refractivity contribution in [2.24, 2.45) is 0 Å². The van der Waals surface area contributed by atoms with Crippen LogP contribution >= 0.6 is 0 Å². The molecule has 0 amide bonds. The molecule has 4 aromatic rings. The number of nitrogens with zero attached hydrogens (tertiary/aromatic N) is 3. The number of hydrogen-bond donors (Lipinski definition) is 2. The highest BCUT2D eigenvalue weighted by atomic mass is 16.3. The summed E-state index contributed by atoms with van der Waals surface area (Å²) in [6.07, 6.45) is 0.960. The van der Waals surface area contributed by atoms with Crippen molar-refractivity contribution in [2.75, 3.05) is 18.5 Å². The molecular formula is C25H23N3O2. The number of aliphatic hydroxyl groups is 1. The molecule has 0 spiro atoms. The zero-order valence-electron chi connectivity index (χ0n) is 16.7. The van der Waals surface area contributed by atoms with E-state index in [0.717, 1.165) is 22.5 Å². The van der Waals surface area contributed by atoms with Gasteiger partial charge in [-0.2, -0.15) is 0 Å². The van der Waals surface area contributed by atoms with Crippen molar-refractivity contribution in [3.05, 3.63) is 96.7 Å². The Kier molecular flexibility index (Phi) is 5.72. The smallest absolute Gasteiger partial charge is 0.147 e. The summed E-state index contributed by atoms with van der Waals surface area (Å²) in [6, 6.07) is 26.6. The zero-order valence-corrected chi connectivity index (χ0v) is 16.7. The van der Waals surface area contributed by atoms with Crippen molar-refractivity contribution in [1.29, 1.82) is 0 Å². The third-order valence-corrected chi connectivity index (χ3v) is 4.95. The molecular weight excluding hydrogens is 374 g/mol. The number of rotatable bonds is 6. The molecule has 150 valence electrons. The summed E-state index contributed by atoms with van der Waals surface area (Å²) in [6.45, 7) is 0.317. The minimum absolute atomic E-state index is 0.132. The number of aliphatic hydroxyl groups excluding tert-OH is 1. The fourth-order valence-electron chi connectivity index (χ4n) is 3.36. The maximum atomic E-state index is 10.6. The van der Waals surface area contributed by atoms with Gasteiger partial charge in [-0.15, -0.1) is 0 Å². The molecule has 0 aliphatic carbocycles. The monoisotopic (exact) mass is 397 g/mol. The first-order chi connectivity index (χ1) is 14.6. The predicted molar refractivity (Wildman–Crippen MR) is 119 cm³/mol. The maximum Gasteiger partial charge on any atom is 0.147 e. The van der Waals surface area contributed by atoms with Crippen molar-refractivity contribution in [1.82, 2.24) is 9.97 Å². The lowest BCUT2D eigenvalue weighted by Crippen LogP contribution is -2.25. The summed E-state index contributed by atoms with van der Waals surface area (Å²) < 4.78 is 0. The highest BCUT2D eigenvalue weighted by Gasteiger charge is 2.16. The van der Waals surface area contributed by atoms with Crippen LogP contribution in [0.15, 0.2) is 91.1 Å². The van der Waals surface area contributed by atoms with Crippen LogP contribution in [0.3, 0.4) is 0 Å². The van der Waals surface area contributed by atoms with Gasteiger partial charge in [0.15, 0.2) is 0 Å². The first-order valence-corrected chi connectivity index (χ1v) is 9.78. The van der Waals surface area contributed by atoms with E-state index in [1.165, 1.54) is 0 Å². The molecule has 0 saturated heterocycles. The van der Waals surface area contributed by atoms with Gasteiger partial charge in [-0.3, -0.25) is 4.98 Å². The number of aromatic hydroxyl groups is 1. The molecule has 0 radical (unpaired) electrons. The highest BCUT2D eigenvalue weighted by Crippen LogP contribution is 2.30. The first kappa shape index (κ1) is 19.6. The summed E-state index contributed by atoms with van der Waals surface area (Å²) in [5.41, 5.74) is 4.23. The molecule has 1 heterocycles. The second-order valence-electron chi connectivity index (χ2n) is 7.15. The van der Waals surface area contributed by atoms with Crippen molar-refractivity contribution >= 4 is 5.82 Å². The van der Waals surface area contributed by atoms with E-state index in [0.29, 0.717) is 17.9 Å². The minimum Gasteiger partial charge on any atom is -0.508 e. The fourth-order valence-corrected chi connectivity index (χ4v) is 3.36. The van der Waals surface area contributed by atoms with Gasteiger partial charge in [-0.05, 0) is 17.7 Å². The van der Waals surface area contributed by atoms with Crippen molar-refractivity contribution in [3.8, 4) is 28.3 Å². The van der Waals surface area contributed by atoms with Crippen molar-refractivity contribution < 1.29 is 10.2 Å². The van der Waals surface area contributed by atoms with E-state index in [9.17, 15) is 10.2 Å². The third-order valence-electron chi connectivity index (χ3n) is 4.95. The Morgan fingerprint density at radius 1 is 0.833 bits per heavy atom. The summed E-state index contributed by atoms with van der Waals surface area (Å²) in [5, 5.41) is 20.3. The molecule has 4 rings (SSSR count). The van der Waals surface area contributed by atoms with Crippen LogP contribution in [0.5, 0.6) is 5.75 Å². The Morgan fingerprint density at radius 3 is 2.10 bits per heavy atom. The van der Waals surface area contributed by atoms with E-state index in [1.807, 2.05) is 72.6 Å². The van der Waals surface area contributed by atoms with Crippen LogP contribution in [0.25, 0.3) is 22.5 Å². The average Bonchev–Trinajstić information content (AvgIpc) is 2.80. The standard InChI is InChI=1S/C25H23N3O2/c1-28(17-22(30)20-13-8-14-21(29)15-20)23-16-26-24(18-9-4-2-5-10-18)25(27-23)19-11-6-3-7-12-19/h2-16,22,29-30H,17H2,1H3/t22-/m0/s1. The Labute approximate surface area is 175 Å². The molecule has 1 atom stereocenters. The number of phenols is 1. The molecule has 0 aliphatic heterocycles. The van der Waals surface area contributed by atoms with Gasteiger partial charge >= 0.3 is 0 Å². The zero-order chi connectivity index (χ0) is 20.9. The molecule has 0 bridgehead atoms. The van der Waals surface area contributed by atoms with E-state index in [2.05, 4.69) is 0 Å². The Hall–Kier alpha value is -3.70. The Bertz CT molecular complexity index is 1120. The summed E-state index contributed by atoms with van der Waals surface area (Å²) in [4.78, 5) is 11.5. The second-order valence-corrected chi connectivity index (χ2v) is 7.15. The lowest BCUT2D eigenvalue weighted by atomic mass is 10.0. The summed E-state index contributed by atoms with van der Waals surface area (Å²) in [7, 11) is 1.87. The predicted octanol–water partition coefficient (Wildman–Crippen LogP) is 4.69. The van der Waals surface area contributed by atoms with Crippen LogP contribution in [0.4, 0.5) is 5.82 Å². The number of likely N-dealkylation sites (N-methyl/N-ethyl adjacent to an activating group) is 1. The molecule has 5 heteroatoms. The van der Waals surface area contributed by atoms with Crippen molar-refractivity contribution in [3.63, 3.8) is 0 Å². The van der Waals surface area contributed by atoms with Gasteiger partial charge in [0, 0.05) is 24.7 Å². The molecule has 3 aromatic carbocycles. The van der Waals surface area contributed by atoms with Crippen LogP contribution < -0.4 is 4.90 Å². The third kappa shape index (κ3) is 4.31. The van der Waals surface area contributed by atoms with Gasteiger partial charge in [-0.1, -0.05) is 72.8 Å². The van der Waals surface area contributed by atoms with E-state index >= 15 is 0 Å². The molecule has 0 saturated carbocycles. The first-order valence-electron chi connectivity index (χ1n) is 9.78. The minimum atomic E-state index is -0.766. The number of hydrogen-bond acceptors (Lipinski definition) is 5. The quantitative estimate of drug-likeness (QED) is 0.494. The molecule has 5 nitrogen and oxygen atoms in total. The lowest BCUT2D eigenvalue weighted by Gasteiger charge is -2.23. The van der Waals surface area contributed by atoms with Crippen LogP contribution in [0.2, 0.25) is 0 Å². The summed E-state index contributed by atoms with van der Waals surface area (Å²) >= 11 is 0. The maximum absolute atomic E-state index is 10.6. The molecule has 0 unspecified atom stereocenters. The van der Waals surface area contributed by atoms with Crippen LogP contribution in [-0.2, 0) is 0 Å². The topological polar surface area (TPSA) is 69.5 Å². The van der Waals surface area contributed by atoms with Gasteiger partial charge in [0.2, 0.25) is 0 Å².